The highest BCUT2D eigenvalue weighted by Gasteiger charge is 2.58. The average molecular weight is 301 g/mol. The zero-order valence-electron chi connectivity index (χ0n) is 15.1. The minimum Gasteiger partial charge on any atom is -0.0999 e. The number of rotatable bonds is 3. The van der Waals surface area contributed by atoms with Crippen molar-refractivity contribution < 1.29 is 0 Å². The highest BCUT2D eigenvalue weighted by atomic mass is 14.6. The normalized spacial score (nSPS) is 50.0. The van der Waals surface area contributed by atoms with Gasteiger partial charge in [-0.05, 0) is 112 Å². The smallest absolute Gasteiger partial charge is 0.0180 e. The van der Waals surface area contributed by atoms with Gasteiger partial charge in [0.1, 0.15) is 0 Å². The summed E-state index contributed by atoms with van der Waals surface area (Å²) in [6.45, 7) is 11.5. The van der Waals surface area contributed by atoms with Crippen molar-refractivity contribution >= 4 is 0 Å². The molecule has 0 radical (unpaired) electrons. The van der Waals surface area contributed by atoms with Crippen LogP contribution in [-0.4, -0.2) is 0 Å². The van der Waals surface area contributed by atoms with Gasteiger partial charge in [-0.15, -0.1) is 0 Å². The first-order valence-corrected chi connectivity index (χ1v) is 10.1. The van der Waals surface area contributed by atoms with Crippen molar-refractivity contribution in [2.24, 2.45) is 46.8 Å². The number of hydrogen-bond acceptors (Lipinski definition) is 0. The lowest BCUT2D eigenvalue weighted by atomic mass is 9.41. The van der Waals surface area contributed by atoms with Crippen molar-refractivity contribution in [3.63, 3.8) is 0 Å². The Kier molecular flexibility index (Phi) is 3.74. The first-order chi connectivity index (χ1) is 10.5. The molecule has 0 heteroatoms. The molecule has 2 atom stereocenters. The second-order valence-electron chi connectivity index (χ2n) is 10.1. The van der Waals surface area contributed by atoms with Crippen LogP contribution in [0.1, 0.15) is 78.6 Å². The summed E-state index contributed by atoms with van der Waals surface area (Å²) in [4.78, 5) is 0. The first-order valence-electron chi connectivity index (χ1n) is 10.1. The zero-order valence-corrected chi connectivity index (χ0v) is 15.1. The molecular weight excluding hydrogens is 264 g/mol. The summed E-state index contributed by atoms with van der Waals surface area (Å²) in [5.74, 6) is 7.05. The van der Waals surface area contributed by atoms with E-state index in [9.17, 15) is 0 Å². The van der Waals surface area contributed by atoms with Crippen molar-refractivity contribution in [3.8, 4) is 0 Å². The second kappa shape index (κ2) is 5.38. The molecule has 0 aliphatic heterocycles. The van der Waals surface area contributed by atoms with Crippen LogP contribution in [0.2, 0.25) is 0 Å². The molecule has 0 heterocycles. The third-order valence-electron chi connectivity index (χ3n) is 8.30. The summed E-state index contributed by atoms with van der Waals surface area (Å²) in [6.07, 6.45) is 14.0. The fourth-order valence-electron chi connectivity index (χ4n) is 7.76. The van der Waals surface area contributed by atoms with Crippen LogP contribution in [0.5, 0.6) is 0 Å². The van der Waals surface area contributed by atoms with E-state index in [1.54, 1.807) is 38.5 Å². The molecule has 5 aliphatic rings. The Hall–Kier alpha value is -0.260. The molecule has 0 nitrogen and oxygen atoms in total. The third-order valence-corrected chi connectivity index (χ3v) is 8.30. The van der Waals surface area contributed by atoms with Crippen LogP contribution >= 0.6 is 0 Å². The quantitative estimate of drug-likeness (QED) is 0.524. The predicted molar refractivity (Wildman–Crippen MR) is 94.6 cm³/mol. The Balaban J connectivity index is 1.59. The summed E-state index contributed by atoms with van der Waals surface area (Å²) in [5, 5.41) is 0. The Labute approximate surface area is 138 Å². The standard InChI is InChI=1S/C22H36/c1-14(2)7-18-13-22(6-5-21(18)15(3)4)19-9-16-8-17(11-19)12-20(22)10-16/h14,16-21H,3,5-13H2,1-2,4H3/t16?,17?,18-,19?,20?,21?,22?/m1/s1. The van der Waals surface area contributed by atoms with E-state index in [4.69, 9.17) is 0 Å². The van der Waals surface area contributed by atoms with Gasteiger partial charge in [0.2, 0.25) is 0 Å². The van der Waals surface area contributed by atoms with Gasteiger partial charge < -0.3 is 0 Å². The molecular formula is C22H36. The Bertz CT molecular complexity index is 415. The van der Waals surface area contributed by atoms with Gasteiger partial charge in [0.15, 0.2) is 0 Å². The van der Waals surface area contributed by atoms with Crippen molar-refractivity contribution in [2.45, 2.75) is 78.6 Å². The summed E-state index contributed by atoms with van der Waals surface area (Å²) in [7, 11) is 0. The van der Waals surface area contributed by atoms with Crippen LogP contribution in [0.15, 0.2) is 12.2 Å². The first kappa shape index (κ1) is 15.3. The number of hydrogen-bond donors (Lipinski definition) is 0. The maximum atomic E-state index is 4.36. The van der Waals surface area contributed by atoms with Crippen LogP contribution in [-0.2, 0) is 0 Å². The monoisotopic (exact) mass is 300 g/mol. The van der Waals surface area contributed by atoms with Gasteiger partial charge in [0.05, 0.1) is 0 Å². The van der Waals surface area contributed by atoms with E-state index in [1.165, 1.54) is 24.8 Å². The molecule has 0 aromatic rings. The molecule has 0 aromatic heterocycles. The molecule has 1 spiro atoms. The predicted octanol–water partition coefficient (Wildman–Crippen LogP) is 6.47. The Morgan fingerprint density at radius 3 is 2.14 bits per heavy atom. The van der Waals surface area contributed by atoms with Gasteiger partial charge in [0.25, 0.3) is 0 Å². The lowest BCUT2D eigenvalue weighted by molar-refractivity contribution is -0.142. The molecule has 0 saturated heterocycles. The minimum atomic E-state index is 0.763. The summed E-state index contributed by atoms with van der Waals surface area (Å²) in [6, 6.07) is 0. The van der Waals surface area contributed by atoms with Gasteiger partial charge in [-0.1, -0.05) is 26.0 Å². The molecule has 5 saturated carbocycles. The van der Waals surface area contributed by atoms with Crippen molar-refractivity contribution in [3.05, 3.63) is 12.2 Å². The molecule has 5 aliphatic carbocycles. The molecule has 4 bridgehead atoms. The van der Waals surface area contributed by atoms with E-state index in [-0.39, 0.29) is 0 Å². The van der Waals surface area contributed by atoms with E-state index in [0.717, 1.165) is 46.8 Å². The SMILES string of the molecule is C=C(C)C1CCC2(C[C@H]1CC(C)C)C1CC3CC(C1)CC2C3. The lowest BCUT2D eigenvalue weighted by Gasteiger charge is -2.64. The van der Waals surface area contributed by atoms with Crippen molar-refractivity contribution in [2.75, 3.05) is 0 Å². The molecule has 0 amide bonds. The Morgan fingerprint density at radius 1 is 1.05 bits per heavy atom. The van der Waals surface area contributed by atoms with Crippen LogP contribution in [0.3, 0.4) is 0 Å². The van der Waals surface area contributed by atoms with Gasteiger partial charge in [-0.2, -0.15) is 0 Å². The molecule has 0 aromatic carbocycles. The maximum absolute atomic E-state index is 4.36. The highest BCUT2D eigenvalue weighted by Crippen LogP contribution is 2.68. The largest absolute Gasteiger partial charge is 0.0999 e. The number of allylic oxidation sites excluding steroid dienone is 1. The fourth-order valence-corrected chi connectivity index (χ4v) is 7.76. The van der Waals surface area contributed by atoms with Crippen molar-refractivity contribution in [1.29, 1.82) is 0 Å². The van der Waals surface area contributed by atoms with Crippen LogP contribution in [0, 0.1) is 46.8 Å². The van der Waals surface area contributed by atoms with E-state index in [1.807, 2.05) is 0 Å². The molecule has 22 heavy (non-hydrogen) atoms. The molecule has 5 rings (SSSR count). The topological polar surface area (TPSA) is 0 Å². The molecule has 0 N–H and O–H groups in total. The highest BCUT2D eigenvalue weighted by molar-refractivity contribution is 5.11. The molecule has 5 fully saturated rings. The van der Waals surface area contributed by atoms with Crippen molar-refractivity contribution in [1.82, 2.24) is 0 Å². The summed E-state index contributed by atoms with van der Waals surface area (Å²) in [5.41, 5.74) is 2.24. The lowest BCUT2D eigenvalue weighted by Crippen LogP contribution is -2.55. The third kappa shape index (κ3) is 2.31. The average Bonchev–Trinajstić information content (AvgIpc) is 2.43. The second-order valence-corrected chi connectivity index (χ2v) is 10.1. The van der Waals surface area contributed by atoms with Gasteiger partial charge in [-0.3, -0.25) is 0 Å². The van der Waals surface area contributed by atoms with Gasteiger partial charge >= 0.3 is 0 Å². The fraction of sp³-hybridized carbons (Fsp3) is 0.909. The molecule has 124 valence electrons. The minimum absolute atomic E-state index is 0.763. The van der Waals surface area contributed by atoms with Gasteiger partial charge in [0, 0.05) is 0 Å². The van der Waals surface area contributed by atoms with E-state index < -0.39 is 0 Å². The van der Waals surface area contributed by atoms with Gasteiger partial charge in [-0.25, -0.2) is 0 Å². The van der Waals surface area contributed by atoms with Crippen LogP contribution in [0.25, 0.3) is 0 Å². The summed E-state index contributed by atoms with van der Waals surface area (Å²) >= 11 is 0. The zero-order chi connectivity index (χ0) is 15.5. The molecule has 1 unspecified atom stereocenters. The Morgan fingerprint density at radius 2 is 1.64 bits per heavy atom. The summed E-state index contributed by atoms with van der Waals surface area (Å²) < 4.78 is 0. The van der Waals surface area contributed by atoms with Crippen LogP contribution in [0.4, 0.5) is 0 Å². The van der Waals surface area contributed by atoms with E-state index in [0.29, 0.717) is 0 Å². The van der Waals surface area contributed by atoms with E-state index >= 15 is 0 Å². The maximum Gasteiger partial charge on any atom is -0.0180 e. The van der Waals surface area contributed by atoms with Crippen LogP contribution < -0.4 is 0 Å². The van der Waals surface area contributed by atoms with E-state index in [2.05, 4.69) is 27.4 Å².